The van der Waals surface area contributed by atoms with E-state index in [9.17, 15) is 19.2 Å². The van der Waals surface area contributed by atoms with Crippen molar-refractivity contribution in [2.75, 3.05) is 12.0 Å². The number of carbonyl (C=O) groups excluding carboxylic acids is 4. The van der Waals surface area contributed by atoms with Crippen LogP contribution in [0.25, 0.3) is 0 Å². The monoisotopic (exact) mass is 478 g/mol. The van der Waals surface area contributed by atoms with Crippen LogP contribution in [0.5, 0.6) is 0 Å². The zero-order chi connectivity index (χ0) is 21.1. The first-order valence-electron chi connectivity index (χ1n) is 8.73. The van der Waals surface area contributed by atoms with Crippen LogP contribution in [0, 0.1) is 0 Å². The number of hydrogen-bond acceptors (Lipinski definition) is 5. The number of nitrogens with one attached hydrogen (secondary N) is 2. The highest BCUT2D eigenvalue weighted by Gasteiger charge is 2.42. The lowest BCUT2D eigenvalue weighted by molar-refractivity contribution is -0.125. The largest absolute Gasteiger partial charge is 0.345 e. The Hall–Kier alpha value is -2.59. The minimum Gasteiger partial charge on any atom is -0.345 e. The molecule has 152 valence electrons. The van der Waals surface area contributed by atoms with Gasteiger partial charge in [-0.3, -0.25) is 34.9 Å². The molecule has 4 amide bonds. The Morgan fingerprint density at radius 1 is 1.14 bits per heavy atom. The number of imide groups is 1. The third-order valence-electron chi connectivity index (χ3n) is 4.54. The first kappa shape index (κ1) is 21.1. The zero-order valence-corrected chi connectivity index (χ0v) is 18.2. The second kappa shape index (κ2) is 8.83. The SMILES string of the molecule is CSCCC(C(=O)NNC(=O)c1cc(Br)cn1C)N1C(=O)c2ccccc2C1=O. The fourth-order valence-corrected chi connectivity index (χ4v) is 4.10. The summed E-state index contributed by atoms with van der Waals surface area (Å²) in [4.78, 5) is 51.6. The van der Waals surface area contributed by atoms with Gasteiger partial charge in [0.05, 0.1) is 11.1 Å². The van der Waals surface area contributed by atoms with E-state index in [-0.39, 0.29) is 17.5 Å². The number of rotatable bonds is 6. The lowest BCUT2D eigenvalue weighted by Gasteiger charge is -2.25. The summed E-state index contributed by atoms with van der Waals surface area (Å²) in [5.41, 5.74) is 5.58. The molecule has 2 heterocycles. The summed E-state index contributed by atoms with van der Waals surface area (Å²) in [7, 11) is 1.70. The van der Waals surface area contributed by atoms with Gasteiger partial charge in [-0.25, -0.2) is 0 Å². The smallest absolute Gasteiger partial charge is 0.286 e. The number of aromatic nitrogens is 1. The minimum atomic E-state index is -1.03. The van der Waals surface area contributed by atoms with E-state index in [0.29, 0.717) is 11.4 Å². The van der Waals surface area contributed by atoms with Gasteiger partial charge >= 0.3 is 0 Å². The highest BCUT2D eigenvalue weighted by molar-refractivity contribution is 9.10. The summed E-state index contributed by atoms with van der Waals surface area (Å²) in [6, 6.07) is 7.04. The Kier molecular flexibility index (Phi) is 6.43. The molecule has 1 aliphatic rings. The average Bonchev–Trinajstić information content (AvgIpc) is 3.17. The van der Waals surface area contributed by atoms with E-state index in [1.807, 2.05) is 6.26 Å². The van der Waals surface area contributed by atoms with Crippen molar-refractivity contribution in [1.29, 1.82) is 0 Å². The predicted octanol–water partition coefficient (Wildman–Crippen LogP) is 1.97. The number of hydrazine groups is 1. The van der Waals surface area contributed by atoms with Crippen molar-refractivity contribution < 1.29 is 19.2 Å². The predicted molar refractivity (Wildman–Crippen MR) is 112 cm³/mol. The van der Waals surface area contributed by atoms with Crippen molar-refractivity contribution in [3.05, 3.63) is 57.8 Å². The number of halogens is 1. The number of nitrogens with zero attached hydrogens (tertiary/aromatic N) is 2. The molecule has 10 heteroatoms. The molecule has 0 saturated heterocycles. The molecule has 2 N–H and O–H groups in total. The van der Waals surface area contributed by atoms with Gasteiger partial charge in [-0.2, -0.15) is 11.8 Å². The summed E-state index contributed by atoms with van der Waals surface area (Å²) in [5, 5.41) is 0. The molecule has 1 aromatic heterocycles. The van der Waals surface area contributed by atoms with E-state index in [1.165, 1.54) is 11.8 Å². The van der Waals surface area contributed by atoms with Crippen LogP contribution in [-0.4, -0.2) is 51.1 Å². The van der Waals surface area contributed by atoms with Crippen LogP contribution in [0.4, 0.5) is 0 Å². The molecule has 0 bridgehead atoms. The second-order valence-electron chi connectivity index (χ2n) is 6.42. The number of aryl methyl sites for hydroxylation is 1. The van der Waals surface area contributed by atoms with E-state index >= 15 is 0 Å². The van der Waals surface area contributed by atoms with Crippen LogP contribution in [0.15, 0.2) is 41.0 Å². The van der Waals surface area contributed by atoms with Crippen molar-refractivity contribution >= 4 is 51.3 Å². The van der Waals surface area contributed by atoms with Crippen molar-refractivity contribution in [3.8, 4) is 0 Å². The van der Waals surface area contributed by atoms with Crippen molar-refractivity contribution in [3.63, 3.8) is 0 Å². The molecule has 29 heavy (non-hydrogen) atoms. The van der Waals surface area contributed by atoms with Crippen molar-refractivity contribution in [2.24, 2.45) is 7.05 Å². The molecule has 8 nitrogen and oxygen atoms in total. The molecule has 0 spiro atoms. The second-order valence-corrected chi connectivity index (χ2v) is 8.32. The van der Waals surface area contributed by atoms with Crippen LogP contribution in [-0.2, 0) is 11.8 Å². The van der Waals surface area contributed by atoms with Crippen LogP contribution in [0.1, 0.15) is 37.6 Å². The molecule has 1 unspecified atom stereocenters. The molecule has 2 aromatic rings. The van der Waals surface area contributed by atoms with Gasteiger partial charge in [0.15, 0.2) is 0 Å². The topological polar surface area (TPSA) is 101 Å². The van der Waals surface area contributed by atoms with Crippen LogP contribution >= 0.6 is 27.7 Å². The number of amides is 4. The lowest BCUT2D eigenvalue weighted by atomic mass is 10.1. The normalized spacial score (nSPS) is 14.0. The van der Waals surface area contributed by atoms with E-state index in [4.69, 9.17) is 0 Å². The number of thioether (sulfide) groups is 1. The fraction of sp³-hybridized carbons (Fsp3) is 0.263. The highest BCUT2D eigenvalue weighted by Crippen LogP contribution is 2.26. The summed E-state index contributed by atoms with van der Waals surface area (Å²) in [5.74, 6) is -1.61. The van der Waals surface area contributed by atoms with Gasteiger partial charge in [0.2, 0.25) is 0 Å². The van der Waals surface area contributed by atoms with Gasteiger partial charge in [-0.05, 0) is 52.6 Å². The molecule has 0 saturated carbocycles. The minimum absolute atomic E-state index is 0.268. The maximum Gasteiger partial charge on any atom is 0.286 e. The molecule has 0 radical (unpaired) electrons. The van der Waals surface area contributed by atoms with Gasteiger partial charge in [0.25, 0.3) is 23.6 Å². The molecule has 0 fully saturated rings. The molecule has 1 atom stereocenters. The Morgan fingerprint density at radius 3 is 2.28 bits per heavy atom. The van der Waals surface area contributed by atoms with E-state index in [0.717, 1.165) is 9.37 Å². The van der Waals surface area contributed by atoms with Gasteiger partial charge in [0, 0.05) is 17.7 Å². The van der Waals surface area contributed by atoms with E-state index < -0.39 is 29.7 Å². The Balaban J connectivity index is 1.76. The Labute approximate surface area is 180 Å². The molecule has 0 aliphatic carbocycles. The van der Waals surface area contributed by atoms with Crippen molar-refractivity contribution in [2.45, 2.75) is 12.5 Å². The quantitative estimate of drug-likeness (QED) is 0.488. The molecule has 1 aromatic carbocycles. The summed E-state index contributed by atoms with van der Waals surface area (Å²) in [6.45, 7) is 0. The first-order valence-corrected chi connectivity index (χ1v) is 10.9. The van der Waals surface area contributed by atoms with Crippen LogP contribution in [0.3, 0.4) is 0 Å². The van der Waals surface area contributed by atoms with E-state index in [2.05, 4.69) is 26.8 Å². The first-order chi connectivity index (χ1) is 13.8. The van der Waals surface area contributed by atoms with Crippen molar-refractivity contribution in [1.82, 2.24) is 20.3 Å². The summed E-state index contributed by atoms with van der Waals surface area (Å²) in [6.07, 6.45) is 3.84. The Morgan fingerprint density at radius 2 is 1.76 bits per heavy atom. The number of benzene rings is 1. The maximum absolute atomic E-state index is 12.8. The van der Waals surface area contributed by atoms with Gasteiger partial charge in [0.1, 0.15) is 11.7 Å². The zero-order valence-electron chi connectivity index (χ0n) is 15.8. The summed E-state index contributed by atoms with van der Waals surface area (Å²) < 4.78 is 2.32. The third kappa shape index (κ3) is 4.23. The van der Waals surface area contributed by atoms with E-state index in [1.54, 1.807) is 48.1 Å². The molecular weight excluding hydrogens is 460 g/mol. The van der Waals surface area contributed by atoms with Gasteiger partial charge < -0.3 is 4.57 Å². The maximum atomic E-state index is 12.8. The number of fused-ring (bicyclic) bond motifs is 1. The fourth-order valence-electron chi connectivity index (χ4n) is 3.11. The average molecular weight is 479 g/mol. The van der Waals surface area contributed by atoms with Gasteiger partial charge in [-0.1, -0.05) is 12.1 Å². The number of hydrogen-bond donors (Lipinski definition) is 2. The van der Waals surface area contributed by atoms with Crippen LogP contribution < -0.4 is 10.9 Å². The summed E-state index contributed by atoms with van der Waals surface area (Å²) >= 11 is 4.78. The lowest BCUT2D eigenvalue weighted by Crippen LogP contribution is -2.54. The standard InChI is InChI=1S/C19H19BrN4O4S/c1-23-10-11(20)9-15(23)17(26)22-21-16(25)14(7-8-29-2)24-18(27)12-5-3-4-6-13(12)19(24)28/h3-6,9-10,14H,7-8H2,1-2H3,(H,21,25)(H,22,26). The van der Waals surface area contributed by atoms with Gasteiger partial charge in [-0.15, -0.1) is 0 Å². The number of carbonyl (C=O) groups is 4. The Bertz CT molecular complexity index is 955. The van der Waals surface area contributed by atoms with Crippen LogP contribution in [0.2, 0.25) is 0 Å². The highest BCUT2D eigenvalue weighted by atomic mass is 79.9. The molecular formula is C19H19BrN4O4S. The molecule has 3 rings (SSSR count). The third-order valence-corrected chi connectivity index (χ3v) is 5.62. The molecule has 1 aliphatic heterocycles.